The zero-order valence-corrected chi connectivity index (χ0v) is 11.2. The van der Waals surface area contributed by atoms with Crippen molar-refractivity contribution >= 4 is 0 Å². The lowest BCUT2D eigenvalue weighted by atomic mass is 9.98. The van der Waals surface area contributed by atoms with Crippen LogP contribution in [-0.2, 0) is 10.9 Å². The number of benzene rings is 1. The molecule has 1 rings (SSSR count). The van der Waals surface area contributed by atoms with E-state index in [0.717, 1.165) is 6.07 Å². The highest BCUT2D eigenvalue weighted by molar-refractivity contribution is 5.32. The lowest BCUT2D eigenvalue weighted by Gasteiger charge is -2.21. The number of ether oxygens (including phenoxy) is 1. The minimum atomic E-state index is -4.52. The van der Waals surface area contributed by atoms with E-state index in [1.54, 1.807) is 0 Å². The Kier molecular flexibility index (Phi) is 6.03. The normalized spacial score (nSPS) is 14.2. The third-order valence-electron chi connectivity index (χ3n) is 2.81. The van der Waals surface area contributed by atoms with Crippen molar-refractivity contribution in [2.45, 2.75) is 24.8 Å². The molecule has 2 nitrogen and oxygen atoms in total. The summed E-state index contributed by atoms with van der Waals surface area (Å²) in [4.78, 5) is 0. The van der Waals surface area contributed by atoms with Crippen molar-refractivity contribution in [1.29, 1.82) is 0 Å². The van der Waals surface area contributed by atoms with Crippen LogP contribution in [0.25, 0.3) is 0 Å². The molecule has 1 aromatic carbocycles. The summed E-state index contributed by atoms with van der Waals surface area (Å²) in [5.41, 5.74) is -0.816. The second kappa shape index (κ2) is 7.13. The number of rotatable bonds is 6. The summed E-state index contributed by atoms with van der Waals surface area (Å²) in [5, 5.41) is 2.67. The highest BCUT2D eigenvalue weighted by Gasteiger charge is 2.34. The van der Waals surface area contributed by atoms with Crippen LogP contribution in [0.15, 0.2) is 24.3 Å². The molecule has 0 amide bonds. The summed E-state index contributed by atoms with van der Waals surface area (Å²) < 4.78 is 78.8. The molecule has 120 valence electrons. The molecule has 1 aromatic rings. The highest BCUT2D eigenvalue weighted by atomic mass is 19.4. The molecule has 0 aliphatic rings. The average Bonchev–Trinajstić information content (AvgIpc) is 2.37. The predicted octanol–water partition coefficient (Wildman–Crippen LogP) is 3.93. The maximum Gasteiger partial charge on any atom is 0.416 e. The molecule has 1 N–H and O–H groups in total. The fraction of sp³-hybridized carbons (Fsp3) is 0.538. The summed E-state index contributed by atoms with van der Waals surface area (Å²) in [6.45, 7) is -1.71. The molecule has 0 aromatic heterocycles. The Bertz CT molecular complexity index is 443. The van der Waals surface area contributed by atoms with Gasteiger partial charge in [0.25, 0.3) is 0 Å². The average molecular weight is 315 g/mol. The van der Waals surface area contributed by atoms with Gasteiger partial charge >= 0.3 is 12.4 Å². The molecule has 0 saturated carbocycles. The topological polar surface area (TPSA) is 21.3 Å². The summed E-state index contributed by atoms with van der Waals surface area (Å²) in [6, 6.07) is 4.21. The molecule has 0 aliphatic heterocycles. The smallest absolute Gasteiger partial charge is 0.372 e. The Hall–Kier alpha value is -1.28. The van der Waals surface area contributed by atoms with Crippen LogP contribution in [0.5, 0.6) is 0 Å². The third kappa shape index (κ3) is 5.92. The first-order valence-corrected chi connectivity index (χ1v) is 6.13. The maximum absolute atomic E-state index is 12.9. The van der Waals surface area contributed by atoms with Crippen LogP contribution >= 0.6 is 0 Å². The molecule has 0 heterocycles. The zero-order valence-electron chi connectivity index (χ0n) is 11.2. The molecular weight excluding hydrogens is 300 g/mol. The largest absolute Gasteiger partial charge is 0.416 e. The third-order valence-corrected chi connectivity index (χ3v) is 2.81. The lowest BCUT2D eigenvalue weighted by Crippen LogP contribution is -2.24. The Morgan fingerprint density at radius 2 is 1.71 bits per heavy atom. The molecule has 8 heteroatoms. The number of nitrogens with one attached hydrogen (secondary N) is 1. The monoisotopic (exact) mass is 315 g/mol. The van der Waals surface area contributed by atoms with Gasteiger partial charge < -0.3 is 10.1 Å². The Labute approximate surface area is 118 Å². The van der Waals surface area contributed by atoms with Crippen molar-refractivity contribution in [2.24, 2.45) is 0 Å². The van der Waals surface area contributed by atoms with Crippen molar-refractivity contribution < 1.29 is 31.1 Å². The van der Waals surface area contributed by atoms with Gasteiger partial charge in [0.15, 0.2) is 0 Å². The maximum atomic E-state index is 12.9. The van der Waals surface area contributed by atoms with Crippen LogP contribution < -0.4 is 5.32 Å². The van der Waals surface area contributed by atoms with Gasteiger partial charge in [-0.05, 0) is 25.1 Å². The lowest BCUT2D eigenvalue weighted by molar-refractivity contribution is -0.174. The minimum Gasteiger partial charge on any atom is -0.372 e. The molecule has 21 heavy (non-hydrogen) atoms. The molecule has 1 unspecified atom stereocenters. The minimum absolute atomic E-state index is 0.000324. The Morgan fingerprint density at radius 3 is 2.24 bits per heavy atom. The second-order valence-corrected chi connectivity index (χ2v) is 4.38. The van der Waals surface area contributed by atoms with Gasteiger partial charge in [0.2, 0.25) is 0 Å². The first-order chi connectivity index (χ1) is 9.65. The van der Waals surface area contributed by atoms with Crippen LogP contribution in [0.1, 0.15) is 23.6 Å². The van der Waals surface area contributed by atoms with Crippen molar-refractivity contribution in [3.05, 3.63) is 35.4 Å². The number of alkyl halides is 6. The first-order valence-electron chi connectivity index (χ1n) is 6.13. The van der Waals surface area contributed by atoms with E-state index in [9.17, 15) is 26.3 Å². The zero-order chi connectivity index (χ0) is 16.1. The second-order valence-electron chi connectivity index (χ2n) is 4.38. The summed E-state index contributed by atoms with van der Waals surface area (Å²) in [7, 11) is 1.45. The summed E-state index contributed by atoms with van der Waals surface area (Å²) in [6.07, 6.45) is -8.96. The molecule has 0 bridgehead atoms. The van der Waals surface area contributed by atoms with E-state index in [4.69, 9.17) is 0 Å². The molecule has 0 radical (unpaired) electrons. The number of hydrogen-bond donors (Lipinski definition) is 1. The molecule has 1 atom stereocenters. The molecule has 0 fully saturated rings. The van der Waals surface area contributed by atoms with Gasteiger partial charge in [-0.15, -0.1) is 0 Å². The Balaban J connectivity index is 2.73. The predicted molar refractivity (Wildman–Crippen MR) is 64.7 cm³/mol. The van der Waals surface area contributed by atoms with Crippen LogP contribution in [0, 0.1) is 0 Å². The quantitative estimate of drug-likeness (QED) is 0.634. The van der Waals surface area contributed by atoms with E-state index in [2.05, 4.69) is 10.1 Å². The first kappa shape index (κ1) is 17.8. The molecular formula is C13H15F6NO. The van der Waals surface area contributed by atoms with Gasteiger partial charge in [-0.3, -0.25) is 0 Å². The van der Waals surface area contributed by atoms with Gasteiger partial charge in [-0.1, -0.05) is 18.2 Å². The van der Waals surface area contributed by atoms with Gasteiger partial charge in [0.1, 0.15) is 6.61 Å². The van der Waals surface area contributed by atoms with Gasteiger partial charge in [0, 0.05) is 12.6 Å². The van der Waals surface area contributed by atoms with E-state index >= 15 is 0 Å². The van der Waals surface area contributed by atoms with Crippen molar-refractivity contribution in [3.8, 4) is 0 Å². The van der Waals surface area contributed by atoms with E-state index in [1.165, 1.54) is 25.2 Å². The number of halogens is 6. The van der Waals surface area contributed by atoms with Crippen molar-refractivity contribution in [3.63, 3.8) is 0 Å². The Morgan fingerprint density at radius 1 is 1.10 bits per heavy atom. The standard InChI is InChI=1S/C13H15F6NO/c1-20-11(6-7-21-8-12(14,15)16)9-4-2-3-5-10(9)13(17,18)19/h2-5,11,20H,6-8H2,1H3. The van der Waals surface area contributed by atoms with E-state index in [1.807, 2.05) is 0 Å². The summed E-state index contributed by atoms with van der Waals surface area (Å²) in [5.74, 6) is 0. The number of hydrogen-bond acceptors (Lipinski definition) is 2. The van der Waals surface area contributed by atoms with E-state index in [-0.39, 0.29) is 18.6 Å². The molecule has 0 aliphatic carbocycles. The van der Waals surface area contributed by atoms with Gasteiger partial charge in [-0.2, -0.15) is 26.3 Å². The fourth-order valence-electron chi connectivity index (χ4n) is 1.90. The van der Waals surface area contributed by atoms with E-state index < -0.39 is 30.6 Å². The van der Waals surface area contributed by atoms with Crippen LogP contribution in [-0.4, -0.2) is 26.4 Å². The van der Waals surface area contributed by atoms with Crippen molar-refractivity contribution in [1.82, 2.24) is 5.32 Å². The van der Waals surface area contributed by atoms with Crippen LogP contribution in [0.3, 0.4) is 0 Å². The van der Waals surface area contributed by atoms with Crippen molar-refractivity contribution in [2.75, 3.05) is 20.3 Å². The highest BCUT2D eigenvalue weighted by Crippen LogP contribution is 2.35. The van der Waals surface area contributed by atoms with Gasteiger partial charge in [-0.25, -0.2) is 0 Å². The SMILES string of the molecule is CNC(CCOCC(F)(F)F)c1ccccc1C(F)(F)F. The van der Waals surface area contributed by atoms with E-state index in [0.29, 0.717) is 0 Å². The van der Waals surface area contributed by atoms with Crippen LogP contribution in [0.2, 0.25) is 0 Å². The summed E-state index contributed by atoms with van der Waals surface area (Å²) >= 11 is 0. The fourth-order valence-corrected chi connectivity index (χ4v) is 1.90. The van der Waals surface area contributed by atoms with Gasteiger partial charge in [0.05, 0.1) is 5.56 Å². The van der Waals surface area contributed by atoms with Crippen LogP contribution in [0.4, 0.5) is 26.3 Å². The molecule has 0 spiro atoms. The molecule has 0 saturated heterocycles.